The number of nitrogens with one attached hydrogen (secondary N) is 3. The molecule has 3 aliphatic rings. The molecule has 0 bridgehead atoms. The summed E-state index contributed by atoms with van der Waals surface area (Å²) in [4.78, 5) is 56.0. The standard InChI is InChI=1S/C36H46F2N4O7S/c1-34(2,3)28(39-33(46)49-35(4,5)6)31(44)42-20-24(23-14-12-22(13-15-23)21-10-8-7-9-11-21)18-27(42)30(43)40-36(19-26(36)29(37)38)32(45)41-50(47,48)25-16-17-25/h7-15,24-29H,16-20H2,1-6H3,(H,39,46)(H,40,43)(H,41,45)/t24-,26?,27+,28-,36-/m1/s1. The van der Waals surface area contributed by atoms with Crippen molar-refractivity contribution in [1.29, 1.82) is 0 Å². The van der Waals surface area contributed by atoms with Gasteiger partial charge in [-0.25, -0.2) is 22.0 Å². The van der Waals surface area contributed by atoms with Crippen molar-refractivity contribution < 1.29 is 41.1 Å². The van der Waals surface area contributed by atoms with Crippen LogP contribution in [0.25, 0.3) is 11.1 Å². The quantitative estimate of drug-likeness (QED) is 0.322. The van der Waals surface area contributed by atoms with Crippen LogP contribution in [0.4, 0.5) is 13.6 Å². The smallest absolute Gasteiger partial charge is 0.408 e. The van der Waals surface area contributed by atoms with E-state index in [1.807, 2.05) is 59.3 Å². The molecule has 1 saturated heterocycles. The van der Waals surface area contributed by atoms with E-state index in [0.717, 1.165) is 16.7 Å². The van der Waals surface area contributed by atoms with E-state index >= 15 is 0 Å². The van der Waals surface area contributed by atoms with Crippen molar-refractivity contribution in [1.82, 2.24) is 20.3 Å². The first-order valence-electron chi connectivity index (χ1n) is 16.8. The van der Waals surface area contributed by atoms with Gasteiger partial charge >= 0.3 is 6.09 Å². The molecule has 11 nitrogen and oxygen atoms in total. The minimum absolute atomic E-state index is 0.0533. The number of nitrogens with zero attached hydrogens (tertiary/aromatic N) is 1. The summed E-state index contributed by atoms with van der Waals surface area (Å²) in [6.45, 7) is 10.3. The first-order valence-corrected chi connectivity index (χ1v) is 18.4. The molecule has 272 valence electrons. The molecule has 3 N–H and O–H groups in total. The third-order valence-corrected chi connectivity index (χ3v) is 11.2. The molecule has 5 rings (SSSR count). The van der Waals surface area contributed by atoms with Crippen molar-refractivity contribution in [2.24, 2.45) is 11.3 Å². The van der Waals surface area contributed by atoms with E-state index in [9.17, 15) is 36.4 Å². The van der Waals surface area contributed by atoms with Crippen molar-refractivity contribution in [3.05, 3.63) is 60.2 Å². The maximum absolute atomic E-state index is 14.4. The first-order chi connectivity index (χ1) is 23.2. The van der Waals surface area contributed by atoms with Gasteiger partial charge in [-0.15, -0.1) is 0 Å². The predicted molar refractivity (Wildman–Crippen MR) is 182 cm³/mol. The Bertz CT molecular complexity index is 1720. The maximum Gasteiger partial charge on any atom is 0.408 e. The molecule has 2 aromatic carbocycles. The lowest BCUT2D eigenvalue weighted by atomic mass is 9.85. The number of carbonyl (C=O) groups is 4. The van der Waals surface area contributed by atoms with Crippen LogP contribution in [0.15, 0.2) is 54.6 Å². The second-order valence-corrected chi connectivity index (χ2v) is 17.6. The van der Waals surface area contributed by atoms with Crippen molar-refractivity contribution in [3.8, 4) is 11.1 Å². The highest BCUT2D eigenvalue weighted by Crippen LogP contribution is 2.49. The molecular formula is C36H46F2N4O7S. The fourth-order valence-electron chi connectivity index (χ4n) is 6.43. The van der Waals surface area contributed by atoms with Gasteiger partial charge in [0.1, 0.15) is 23.2 Å². The molecule has 1 unspecified atom stereocenters. The van der Waals surface area contributed by atoms with E-state index in [-0.39, 0.29) is 18.9 Å². The zero-order valence-electron chi connectivity index (χ0n) is 29.2. The van der Waals surface area contributed by atoms with Gasteiger partial charge in [-0.05, 0) is 68.6 Å². The number of alkyl halides is 2. The van der Waals surface area contributed by atoms with Gasteiger partial charge in [0.2, 0.25) is 28.3 Å². The fourth-order valence-corrected chi connectivity index (χ4v) is 7.79. The van der Waals surface area contributed by atoms with Gasteiger partial charge in [0.05, 0.1) is 11.2 Å². The normalized spacial score (nSPS) is 24.3. The minimum atomic E-state index is -4.09. The Morgan fingerprint density at radius 2 is 1.52 bits per heavy atom. The molecule has 5 atom stereocenters. The minimum Gasteiger partial charge on any atom is -0.444 e. The van der Waals surface area contributed by atoms with Crippen LogP contribution in [0.5, 0.6) is 0 Å². The number of amides is 4. The van der Waals surface area contributed by atoms with Gasteiger partial charge in [-0.1, -0.05) is 75.4 Å². The van der Waals surface area contributed by atoms with Gasteiger partial charge in [-0.3, -0.25) is 19.1 Å². The Labute approximate surface area is 291 Å². The van der Waals surface area contributed by atoms with E-state index < -0.39 is 86.5 Å². The van der Waals surface area contributed by atoms with E-state index in [0.29, 0.717) is 12.8 Å². The second kappa shape index (κ2) is 13.6. The van der Waals surface area contributed by atoms with E-state index in [1.165, 1.54) is 4.90 Å². The molecule has 0 spiro atoms. The summed E-state index contributed by atoms with van der Waals surface area (Å²) in [5.74, 6) is -4.65. The van der Waals surface area contributed by atoms with Crippen molar-refractivity contribution in [2.75, 3.05) is 6.54 Å². The van der Waals surface area contributed by atoms with Crippen LogP contribution < -0.4 is 15.4 Å². The molecule has 2 aliphatic carbocycles. The highest BCUT2D eigenvalue weighted by Gasteiger charge is 2.66. The highest BCUT2D eigenvalue weighted by atomic mass is 32.2. The summed E-state index contributed by atoms with van der Waals surface area (Å²) in [5, 5.41) is 4.33. The Morgan fingerprint density at radius 3 is 2.04 bits per heavy atom. The summed E-state index contributed by atoms with van der Waals surface area (Å²) in [6.07, 6.45) is -3.52. The third kappa shape index (κ3) is 8.27. The van der Waals surface area contributed by atoms with Crippen LogP contribution in [0.3, 0.4) is 0 Å². The molecule has 2 aromatic rings. The molecule has 14 heteroatoms. The average molecular weight is 717 g/mol. The number of halogens is 2. The zero-order chi connectivity index (χ0) is 36.8. The van der Waals surface area contributed by atoms with Crippen LogP contribution in [0, 0.1) is 11.3 Å². The van der Waals surface area contributed by atoms with E-state index in [1.54, 1.807) is 41.5 Å². The maximum atomic E-state index is 14.4. The summed E-state index contributed by atoms with van der Waals surface area (Å²) in [6, 6.07) is 15.0. The Hall–Kier alpha value is -4.07. The van der Waals surface area contributed by atoms with Crippen LogP contribution in [-0.2, 0) is 29.1 Å². The summed E-state index contributed by atoms with van der Waals surface area (Å²) >= 11 is 0. The molecule has 1 heterocycles. The van der Waals surface area contributed by atoms with Crippen molar-refractivity contribution >= 4 is 33.8 Å². The first kappa shape index (κ1) is 37.2. The summed E-state index contributed by atoms with van der Waals surface area (Å²) in [7, 11) is -4.09. The second-order valence-electron chi connectivity index (χ2n) is 15.7. The Balaban J connectivity index is 1.44. The third-order valence-electron chi connectivity index (χ3n) is 9.42. The van der Waals surface area contributed by atoms with Gasteiger partial charge in [0.25, 0.3) is 5.91 Å². The largest absolute Gasteiger partial charge is 0.444 e. The number of hydrogen-bond donors (Lipinski definition) is 3. The number of hydrogen-bond acceptors (Lipinski definition) is 7. The van der Waals surface area contributed by atoms with Crippen molar-refractivity contribution in [3.63, 3.8) is 0 Å². The monoisotopic (exact) mass is 716 g/mol. The number of benzene rings is 2. The number of carbonyl (C=O) groups excluding carboxylic acids is 4. The highest BCUT2D eigenvalue weighted by molar-refractivity contribution is 7.91. The molecule has 2 saturated carbocycles. The van der Waals surface area contributed by atoms with E-state index in [2.05, 4.69) is 10.6 Å². The molecule has 50 heavy (non-hydrogen) atoms. The van der Waals surface area contributed by atoms with Crippen LogP contribution >= 0.6 is 0 Å². The molecule has 4 amide bonds. The SMILES string of the molecule is CC(C)(C)OC(=O)N[C@H](C(=O)N1C[C@H](c2ccc(-c3ccccc3)cc2)C[C@H]1C(=O)N[C@]1(C(=O)NS(=O)(=O)C2CC2)CC1C(F)F)C(C)(C)C. The topological polar surface area (TPSA) is 151 Å². The summed E-state index contributed by atoms with van der Waals surface area (Å²) in [5.41, 5.74) is -1.06. The van der Waals surface area contributed by atoms with Crippen LogP contribution in [0.1, 0.15) is 78.7 Å². The van der Waals surface area contributed by atoms with Gasteiger partial charge in [0, 0.05) is 12.5 Å². The molecule has 1 aliphatic heterocycles. The van der Waals surface area contributed by atoms with Crippen molar-refractivity contribution in [2.45, 2.75) is 108 Å². The Morgan fingerprint density at radius 1 is 0.920 bits per heavy atom. The number of likely N-dealkylation sites (tertiary alicyclic amines) is 1. The average Bonchev–Trinajstić information content (AvgIpc) is 3.95. The lowest BCUT2D eigenvalue weighted by Gasteiger charge is -2.36. The number of sulfonamides is 1. The molecule has 0 aromatic heterocycles. The van der Waals surface area contributed by atoms with E-state index in [4.69, 9.17) is 4.74 Å². The molecular weight excluding hydrogens is 670 g/mol. The lowest BCUT2D eigenvalue weighted by molar-refractivity contribution is -0.143. The number of alkyl carbamates (subject to hydrolysis) is 1. The van der Waals surface area contributed by atoms with Crippen LogP contribution in [0.2, 0.25) is 0 Å². The number of ether oxygens (including phenoxy) is 1. The summed E-state index contributed by atoms with van der Waals surface area (Å²) < 4.78 is 60.5. The number of rotatable bonds is 10. The molecule has 0 radical (unpaired) electrons. The van der Waals surface area contributed by atoms with Gasteiger partial charge in [0.15, 0.2) is 0 Å². The predicted octanol–water partition coefficient (Wildman–Crippen LogP) is 4.73. The Kier molecular flexibility index (Phi) is 10.1. The van der Waals surface area contributed by atoms with Gasteiger partial charge in [-0.2, -0.15) is 0 Å². The molecule has 3 fully saturated rings. The zero-order valence-corrected chi connectivity index (χ0v) is 30.0. The fraction of sp³-hybridized carbons (Fsp3) is 0.556. The van der Waals surface area contributed by atoms with Crippen LogP contribution in [-0.4, -0.2) is 78.6 Å². The van der Waals surface area contributed by atoms with Gasteiger partial charge < -0.3 is 20.3 Å². The lowest BCUT2D eigenvalue weighted by Crippen LogP contribution is -2.60.